The summed E-state index contributed by atoms with van der Waals surface area (Å²) in [4.78, 5) is 4.55. The smallest absolute Gasteiger partial charge is 0.108 e. The third kappa shape index (κ3) is 3.01. The molecule has 1 aromatic carbocycles. The van der Waals surface area contributed by atoms with Gasteiger partial charge in [-0.25, -0.2) is 4.98 Å². The SMILES string of the molecule is OC(CNCc1nc2ccccc2s1)c1ccsc1. The number of aliphatic hydroxyl groups is 1. The first kappa shape index (κ1) is 12.7. The zero-order valence-corrected chi connectivity index (χ0v) is 11.9. The summed E-state index contributed by atoms with van der Waals surface area (Å²) in [5, 5.41) is 18.2. The highest BCUT2D eigenvalue weighted by Crippen LogP contribution is 2.21. The number of aromatic nitrogens is 1. The van der Waals surface area contributed by atoms with Crippen molar-refractivity contribution in [1.82, 2.24) is 10.3 Å². The molecule has 1 unspecified atom stereocenters. The number of thiazole rings is 1. The van der Waals surface area contributed by atoms with E-state index < -0.39 is 6.10 Å². The van der Waals surface area contributed by atoms with Gasteiger partial charge in [0.2, 0.25) is 0 Å². The van der Waals surface area contributed by atoms with Crippen LogP contribution < -0.4 is 5.32 Å². The van der Waals surface area contributed by atoms with E-state index in [0.717, 1.165) is 16.1 Å². The predicted octanol–water partition coefficient (Wildman–Crippen LogP) is 3.18. The summed E-state index contributed by atoms with van der Waals surface area (Å²) in [7, 11) is 0. The molecule has 0 aliphatic rings. The Hall–Kier alpha value is -1.27. The fourth-order valence-electron chi connectivity index (χ4n) is 1.89. The van der Waals surface area contributed by atoms with Crippen LogP contribution in [-0.4, -0.2) is 16.6 Å². The van der Waals surface area contributed by atoms with Crippen LogP contribution in [0.15, 0.2) is 41.1 Å². The standard InChI is InChI=1S/C14H14N2OS2/c17-12(10-5-6-18-9-10)7-15-8-14-16-11-3-1-2-4-13(11)19-14/h1-6,9,12,15,17H,7-8H2. The van der Waals surface area contributed by atoms with Crippen molar-refractivity contribution < 1.29 is 5.11 Å². The number of aliphatic hydroxyl groups excluding tert-OH is 1. The van der Waals surface area contributed by atoms with E-state index in [1.807, 2.05) is 35.0 Å². The summed E-state index contributed by atoms with van der Waals surface area (Å²) in [6, 6.07) is 10.1. The first-order chi connectivity index (χ1) is 9.33. The zero-order valence-electron chi connectivity index (χ0n) is 10.2. The molecule has 2 N–H and O–H groups in total. The van der Waals surface area contributed by atoms with Crippen LogP contribution in [0, 0.1) is 0 Å². The number of para-hydroxylation sites is 1. The summed E-state index contributed by atoms with van der Waals surface area (Å²) < 4.78 is 1.21. The number of nitrogens with one attached hydrogen (secondary N) is 1. The molecule has 0 saturated heterocycles. The number of thiophene rings is 1. The molecule has 1 atom stereocenters. The maximum atomic E-state index is 9.95. The predicted molar refractivity (Wildman–Crippen MR) is 80.6 cm³/mol. The molecule has 3 nitrogen and oxygen atoms in total. The summed E-state index contributed by atoms with van der Waals surface area (Å²) in [5.74, 6) is 0. The Kier molecular flexibility index (Phi) is 3.89. The Morgan fingerprint density at radius 1 is 1.26 bits per heavy atom. The first-order valence-electron chi connectivity index (χ1n) is 6.08. The molecule has 0 fully saturated rings. The Morgan fingerprint density at radius 2 is 2.16 bits per heavy atom. The molecular weight excluding hydrogens is 276 g/mol. The topological polar surface area (TPSA) is 45.1 Å². The number of hydrogen-bond acceptors (Lipinski definition) is 5. The second kappa shape index (κ2) is 5.79. The maximum absolute atomic E-state index is 9.95. The monoisotopic (exact) mass is 290 g/mol. The molecule has 2 aromatic heterocycles. The second-order valence-corrected chi connectivity index (χ2v) is 6.17. The van der Waals surface area contributed by atoms with Crippen molar-refractivity contribution in [3.8, 4) is 0 Å². The fourth-order valence-corrected chi connectivity index (χ4v) is 3.54. The van der Waals surface area contributed by atoms with E-state index in [0.29, 0.717) is 13.1 Å². The van der Waals surface area contributed by atoms with Gasteiger partial charge in [-0.05, 0) is 34.5 Å². The highest BCUT2D eigenvalue weighted by Gasteiger charge is 2.08. The number of hydrogen-bond donors (Lipinski definition) is 2. The van der Waals surface area contributed by atoms with E-state index in [1.165, 1.54) is 4.70 Å². The van der Waals surface area contributed by atoms with Crippen molar-refractivity contribution in [1.29, 1.82) is 0 Å². The molecule has 3 aromatic rings. The average Bonchev–Trinajstić information content (AvgIpc) is 3.07. The van der Waals surface area contributed by atoms with Crippen molar-refractivity contribution in [2.75, 3.05) is 6.54 Å². The van der Waals surface area contributed by atoms with Gasteiger partial charge in [0, 0.05) is 13.1 Å². The molecule has 0 aliphatic heterocycles. The van der Waals surface area contributed by atoms with E-state index in [9.17, 15) is 5.11 Å². The van der Waals surface area contributed by atoms with Crippen LogP contribution in [0.25, 0.3) is 10.2 Å². The minimum absolute atomic E-state index is 0.444. The summed E-state index contributed by atoms with van der Waals surface area (Å²) in [6.07, 6.45) is -0.444. The third-order valence-corrected chi connectivity index (χ3v) is 4.62. The molecule has 0 spiro atoms. The zero-order chi connectivity index (χ0) is 13.1. The van der Waals surface area contributed by atoms with E-state index in [2.05, 4.69) is 16.4 Å². The molecule has 19 heavy (non-hydrogen) atoms. The van der Waals surface area contributed by atoms with Gasteiger partial charge in [-0.3, -0.25) is 0 Å². The van der Waals surface area contributed by atoms with Crippen molar-refractivity contribution in [2.45, 2.75) is 12.6 Å². The molecule has 2 heterocycles. The minimum atomic E-state index is -0.444. The number of fused-ring (bicyclic) bond motifs is 1. The molecule has 98 valence electrons. The lowest BCUT2D eigenvalue weighted by Crippen LogP contribution is -2.20. The fraction of sp³-hybridized carbons (Fsp3) is 0.214. The van der Waals surface area contributed by atoms with Crippen molar-refractivity contribution in [3.63, 3.8) is 0 Å². The second-order valence-electron chi connectivity index (χ2n) is 4.28. The van der Waals surface area contributed by atoms with Gasteiger partial charge in [0.05, 0.1) is 16.3 Å². The van der Waals surface area contributed by atoms with Gasteiger partial charge in [-0.2, -0.15) is 11.3 Å². The lowest BCUT2D eigenvalue weighted by molar-refractivity contribution is 0.175. The van der Waals surface area contributed by atoms with Gasteiger partial charge in [-0.15, -0.1) is 11.3 Å². The first-order valence-corrected chi connectivity index (χ1v) is 7.84. The molecule has 0 aliphatic carbocycles. The van der Waals surface area contributed by atoms with Crippen molar-refractivity contribution in [2.24, 2.45) is 0 Å². The van der Waals surface area contributed by atoms with Gasteiger partial charge in [0.1, 0.15) is 5.01 Å². The average molecular weight is 290 g/mol. The highest BCUT2D eigenvalue weighted by molar-refractivity contribution is 7.18. The molecule has 3 rings (SSSR count). The van der Waals surface area contributed by atoms with E-state index in [4.69, 9.17) is 0 Å². The van der Waals surface area contributed by atoms with Crippen molar-refractivity contribution in [3.05, 3.63) is 51.7 Å². The molecule has 0 radical (unpaired) electrons. The lowest BCUT2D eigenvalue weighted by atomic mass is 10.2. The molecule has 5 heteroatoms. The summed E-state index contributed by atoms with van der Waals surface area (Å²) >= 11 is 3.30. The molecular formula is C14H14N2OS2. The maximum Gasteiger partial charge on any atom is 0.108 e. The lowest BCUT2D eigenvalue weighted by Gasteiger charge is -2.09. The van der Waals surface area contributed by atoms with Crippen LogP contribution in [0.3, 0.4) is 0 Å². The number of nitrogens with zero attached hydrogens (tertiary/aromatic N) is 1. The Labute approximate surface area is 119 Å². The summed E-state index contributed by atoms with van der Waals surface area (Å²) in [5.41, 5.74) is 2.02. The van der Waals surface area contributed by atoms with Gasteiger partial charge in [-0.1, -0.05) is 12.1 Å². The minimum Gasteiger partial charge on any atom is -0.387 e. The third-order valence-electron chi connectivity index (χ3n) is 2.88. The van der Waals surface area contributed by atoms with Crippen LogP contribution in [0.5, 0.6) is 0 Å². The highest BCUT2D eigenvalue weighted by atomic mass is 32.1. The number of rotatable bonds is 5. The van der Waals surface area contributed by atoms with Crippen LogP contribution in [0.1, 0.15) is 16.7 Å². The summed E-state index contributed by atoms with van der Waals surface area (Å²) in [6.45, 7) is 1.24. The Morgan fingerprint density at radius 3 is 2.95 bits per heavy atom. The van der Waals surface area contributed by atoms with Gasteiger partial charge in [0.25, 0.3) is 0 Å². The Balaban J connectivity index is 1.57. The van der Waals surface area contributed by atoms with Crippen LogP contribution >= 0.6 is 22.7 Å². The van der Waals surface area contributed by atoms with Crippen LogP contribution in [0.4, 0.5) is 0 Å². The van der Waals surface area contributed by atoms with Crippen LogP contribution in [0.2, 0.25) is 0 Å². The molecule has 0 amide bonds. The van der Waals surface area contributed by atoms with Gasteiger partial charge in [0.15, 0.2) is 0 Å². The van der Waals surface area contributed by atoms with Gasteiger partial charge < -0.3 is 10.4 Å². The van der Waals surface area contributed by atoms with E-state index in [1.54, 1.807) is 22.7 Å². The van der Waals surface area contributed by atoms with E-state index >= 15 is 0 Å². The van der Waals surface area contributed by atoms with Gasteiger partial charge >= 0.3 is 0 Å². The molecule has 0 bridgehead atoms. The van der Waals surface area contributed by atoms with Crippen molar-refractivity contribution >= 4 is 32.9 Å². The van der Waals surface area contributed by atoms with E-state index in [-0.39, 0.29) is 0 Å². The van der Waals surface area contributed by atoms with Crippen LogP contribution in [-0.2, 0) is 6.54 Å². The quantitative estimate of drug-likeness (QED) is 0.758. The molecule has 0 saturated carbocycles. The normalized spacial score (nSPS) is 12.9. The largest absolute Gasteiger partial charge is 0.387 e. The Bertz CT molecular complexity index is 615. The number of benzene rings is 1.